The van der Waals surface area contributed by atoms with Crippen molar-refractivity contribution in [3.63, 3.8) is 0 Å². The van der Waals surface area contributed by atoms with Gasteiger partial charge in [-0.1, -0.05) is 0 Å². The third kappa shape index (κ3) is 2.24. The number of carbonyl (C=O) groups excluding carboxylic acids is 1. The fourth-order valence-corrected chi connectivity index (χ4v) is 3.22. The zero-order chi connectivity index (χ0) is 14.3. The Morgan fingerprint density at radius 1 is 1.25 bits per heavy atom. The van der Waals surface area contributed by atoms with E-state index in [2.05, 4.69) is 10.2 Å². The summed E-state index contributed by atoms with van der Waals surface area (Å²) < 4.78 is 26.8. The fraction of sp³-hybridized carbons (Fsp3) is 0.500. The number of nitrogens with two attached hydrogens (primary N) is 1. The summed E-state index contributed by atoms with van der Waals surface area (Å²) in [6, 6.07) is 2.39. The lowest BCUT2D eigenvalue weighted by molar-refractivity contribution is 0.0928. The molecule has 1 aromatic carbocycles. The second-order valence-electron chi connectivity index (χ2n) is 5.47. The van der Waals surface area contributed by atoms with E-state index in [4.69, 9.17) is 5.73 Å². The first kappa shape index (κ1) is 13.3. The zero-order valence-corrected chi connectivity index (χ0v) is 11.0. The number of amides is 1. The van der Waals surface area contributed by atoms with Crippen LogP contribution in [0.3, 0.4) is 0 Å². The van der Waals surface area contributed by atoms with Crippen molar-refractivity contribution in [2.24, 2.45) is 0 Å². The molecule has 6 heteroatoms. The maximum Gasteiger partial charge on any atom is 0.251 e. The number of carbonyl (C=O) groups is 1. The number of nitrogens with zero attached hydrogens (tertiary/aromatic N) is 1. The summed E-state index contributed by atoms with van der Waals surface area (Å²) in [4.78, 5) is 14.5. The van der Waals surface area contributed by atoms with E-state index in [9.17, 15) is 13.6 Å². The van der Waals surface area contributed by atoms with Crippen LogP contribution < -0.4 is 11.1 Å². The number of nitrogens with one attached hydrogen (secondary N) is 1. The third-order valence-corrected chi connectivity index (χ3v) is 4.26. The largest absolute Gasteiger partial charge is 0.394 e. The Kier molecular flexibility index (Phi) is 3.33. The number of hydrogen-bond acceptors (Lipinski definition) is 3. The summed E-state index contributed by atoms with van der Waals surface area (Å²) in [6.45, 7) is 2.04. The molecule has 4 nitrogen and oxygen atoms in total. The lowest BCUT2D eigenvalue weighted by atomic mass is 10.1. The van der Waals surface area contributed by atoms with Gasteiger partial charge < -0.3 is 11.1 Å². The van der Waals surface area contributed by atoms with Gasteiger partial charge in [-0.25, -0.2) is 8.78 Å². The van der Waals surface area contributed by atoms with E-state index in [1.54, 1.807) is 0 Å². The Labute approximate surface area is 115 Å². The maximum atomic E-state index is 13.4. The van der Waals surface area contributed by atoms with Crippen molar-refractivity contribution in [1.29, 1.82) is 0 Å². The van der Waals surface area contributed by atoms with Crippen molar-refractivity contribution < 1.29 is 13.6 Å². The van der Waals surface area contributed by atoms with Crippen LogP contribution in [-0.4, -0.2) is 36.0 Å². The Bertz CT molecular complexity index is 526. The van der Waals surface area contributed by atoms with Crippen LogP contribution in [-0.2, 0) is 0 Å². The number of rotatable bonds is 2. The van der Waals surface area contributed by atoms with Gasteiger partial charge in [0.05, 0.1) is 0 Å². The summed E-state index contributed by atoms with van der Waals surface area (Å²) in [5.41, 5.74) is 4.62. The van der Waals surface area contributed by atoms with Crippen molar-refractivity contribution in [3.8, 4) is 0 Å². The molecule has 3 N–H and O–H groups in total. The van der Waals surface area contributed by atoms with Crippen LogP contribution in [0.4, 0.5) is 14.5 Å². The quantitative estimate of drug-likeness (QED) is 0.808. The fourth-order valence-electron chi connectivity index (χ4n) is 3.22. The van der Waals surface area contributed by atoms with Gasteiger partial charge in [0.1, 0.15) is 17.3 Å². The Morgan fingerprint density at radius 2 is 1.95 bits per heavy atom. The van der Waals surface area contributed by atoms with Gasteiger partial charge in [-0.3, -0.25) is 9.69 Å². The zero-order valence-electron chi connectivity index (χ0n) is 11.0. The smallest absolute Gasteiger partial charge is 0.251 e. The normalized spacial score (nSPS) is 25.7. The highest BCUT2D eigenvalue weighted by Gasteiger charge is 2.37. The minimum atomic E-state index is -0.899. The minimum absolute atomic E-state index is 0.0225. The third-order valence-electron chi connectivity index (χ3n) is 4.26. The molecule has 108 valence electrons. The molecule has 2 aliphatic rings. The van der Waals surface area contributed by atoms with E-state index >= 15 is 0 Å². The number of nitrogen functional groups attached to an aromatic ring is 1. The lowest BCUT2D eigenvalue weighted by Crippen LogP contribution is -2.42. The van der Waals surface area contributed by atoms with Crippen LogP contribution in [0, 0.1) is 11.6 Å². The Balaban J connectivity index is 1.73. The topological polar surface area (TPSA) is 58.4 Å². The summed E-state index contributed by atoms with van der Waals surface area (Å²) >= 11 is 0. The number of anilines is 1. The van der Waals surface area contributed by atoms with Crippen LogP contribution in [0.1, 0.15) is 29.6 Å². The molecule has 0 bridgehead atoms. The van der Waals surface area contributed by atoms with Gasteiger partial charge >= 0.3 is 0 Å². The molecule has 0 aliphatic carbocycles. The second-order valence-corrected chi connectivity index (χ2v) is 5.47. The molecule has 0 saturated carbocycles. The number of hydrogen-bond donors (Lipinski definition) is 2. The van der Waals surface area contributed by atoms with Crippen LogP contribution >= 0.6 is 0 Å². The molecule has 0 spiro atoms. The molecule has 20 heavy (non-hydrogen) atoms. The van der Waals surface area contributed by atoms with E-state index in [0.717, 1.165) is 44.5 Å². The molecular weight excluding hydrogens is 264 g/mol. The molecule has 0 radical (unpaired) electrons. The summed E-state index contributed by atoms with van der Waals surface area (Å²) in [7, 11) is 0. The molecule has 2 fully saturated rings. The first-order valence-corrected chi connectivity index (χ1v) is 6.85. The molecule has 2 aliphatic heterocycles. The van der Waals surface area contributed by atoms with Gasteiger partial charge in [-0.2, -0.15) is 0 Å². The molecular formula is C14H17F2N3O. The van der Waals surface area contributed by atoms with Gasteiger partial charge in [0.15, 0.2) is 0 Å². The predicted octanol–water partition coefficient (Wildman–Crippen LogP) is 1.51. The van der Waals surface area contributed by atoms with Crippen LogP contribution in [0.2, 0.25) is 0 Å². The van der Waals surface area contributed by atoms with E-state index < -0.39 is 23.2 Å². The molecule has 0 aromatic heterocycles. The molecule has 2 heterocycles. The van der Waals surface area contributed by atoms with Crippen molar-refractivity contribution >= 4 is 11.6 Å². The summed E-state index contributed by atoms with van der Waals surface area (Å²) in [6.07, 6.45) is 3.09. The number of benzene rings is 1. The molecule has 3 rings (SSSR count). The second kappa shape index (κ2) is 5.01. The number of fused-ring (bicyclic) bond motifs is 1. The van der Waals surface area contributed by atoms with Crippen molar-refractivity contribution in [2.75, 3.05) is 18.8 Å². The first-order valence-electron chi connectivity index (χ1n) is 6.85. The van der Waals surface area contributed by atoms with Crippen LogP contribution in [0.5, 0.6) is 0 Å². The Morgan fingerprint density at radius 3 is 2.65 bits per heavy atom. The average Bonchev–Trinajstić information content (AvgIpc) is 3.00. The van der Waals surface area contributed by atoms with E-state index in [1.807, 2.05) is 0 Å². The van der Waals surface area contributed by atoms with Crippen molar-refractivity contribution in [1.82, 2.24) is 10.2 Å². The highest BCUT2D eigenvalue weighted by atomic mass is 19.1. The minimum Gasteiger partial charge on any atom is -0.394 e. The average molecular weight is 281 g/mol. The summed E-state index contributed by atoms with van der Waals surface area (Å²) in [5, 5.41) is 2.89. The molecule has 2 atom stereocenters. The van der Waals surface area contributed by atoms with Crippen molar-refractivity contribution in [3.05, 3.63) is 29.3 Å². The molecule has 1 aromatic rings. The lowest BCUT2D eigenvalue weighted by Gasteiger charge is -2.21. The van der Waals surface area contributed by atoms with Gasteiger partial charge in [0.25, 0.3) is 5.91 Å². The van der Waals surface area contributed by atoms with Gasteiger partial charge in [0.2, 0.25) is 0 Å². The Hall–Kier alpha value is -1.69. The molecule has 2 unspecified atom stereocenters. The molecule has 2 saturated heterocycles. The SMILES string of the molecule is Nc1c(F)cc(C(=O)NC2CCN3CCCC23)cc1F. The van der Waals surface area contributed by atoms with Gasteiger partial charge in [-0.05, 0) is 37.9 Å². The van der Waals surface area contributed by atoms with Crippen molar-refractivity contribution in [2.45, 2.75) is 31.3 Å². The predicted molar refractivity (Wildman–Crippen MR) is 71.2 cm³/mol. The highest BCUT2D eigenvalue weighted by Crippen LogP contribution is 2.28. The summed E-state index contributed by atoms with van der Waals surface area (Å²) in [5.74, 6) is -2.24. The molecule has 1 amide bonds. The van der Waals surface area contributed by atoms with E-state index in [-0.39, 0.29) is 11.6 Å². The number of halogens is 2. The van der Waals surface area contributed by atoms with Crippen LogP contribution in [0.25, 0.3) is 0 Å². The first-order chi connectivity index (χ1) is 9.56. The monoisotopic (exact) mass is 281 g/mol. The van der Waals surface area contributed by atoms with Crippen LogP contribution in [0.15, 0.2) is 12.1 Å². The van der Waals surface area contributed by atoms with E-state index in [1.165, 1.54) is 0 Å². The van der Waals surface area contributed by atoms with Gasteiger partial charge in [0, 0.05) is 24.2 Å². The van der Waals surface area contributed by atoms with E-state index in [0.29, 0.717) is 6.04 Å². The maximum absolute atomic E-state index is 13.4. The van der Waals surface area contributed by atoms with Gasteiger partial charge in [-0.15, -0.1) is 0 Å². The highest BCUT2D eigenvalue weighted by molar-refractivity contribution is 5.94. The standard InChI is InChI=1S/C14H17F2N3O/c15-9-6-8(7-10(16)13(9)17)14(20)18-11-3-5-19-4-1-2-12(11)19/h6-7,11-12H,1-5,17H2,(H,18,20).